The van der Waals surface area contributed by atoms with Crippen molar-refractivity contribution < 1.29 is 9.53 Å². The highest BCUT2D eigenvalue weighted by molar-refractivity contribution is 5.82. The lowest BCUT2D eigenvalue weighted by atomic mass is 9.72. The molecule has 1 aliphatic carbocycles. The van der Waals surface area contributed by atoms with Gasteiger partial charge in [0.2, 0.25) is 0 Å². The fourth-order valence-electron chi connectivity index (χ4n) is 4.12. The summed E-state index contributed by atoms with van der Waals surface area (Å²) < 4.78 is 7.78. The molecule has 0 N–H and O–H groups in total. The Morgan fingerprint density at radius 1 is 1.15 bits per heavy atom. The molecule has 1 heterocycles. The van der Waals surface area contributed by atoms with Gasteiger partial charge in [-0.2, -0.15) is 0 Å². The maximum Gasteiger partial charge on any atom is 0.326 e. The molecule has 1 aromatic carbocycles. The van der Waals surface area contributed by atoms with Crippen molar-refractivity contribution in [2.75, 3.05) is 0 Å². The Morgan fingerprint density at radius 2 is 1.85 bits per heavy atom. The third-order valence-corrected chi connectivity index (χ3v) is 5.96. The zero-order valence-corrected chi connectivity index (χ0v) is 16.9. The summed E-state index contributed by atoms with van der Waals surface area (Å²) in [4.78, 5) is 12.4. The number of hydrogen-bond donors (Lipinski definition) is 0. The lowest BCUT2D eigenvalue weighted by molar-refractivity contribution is -0.152. The number of hydrogen-bond acceptors (Lipinski definition) is 2. The Kier molecular flexibility index (Phi) is 5.45. The van der Waals surface area contributed by atoms with E-state index in [2.05, 4.69) is 58.9 Å². The Bertz CT molecular complexity index is 758. The fraction of sp³-hybridized carbons (Fsp3) is 0.609. The summed E-state index contributed by atoms with van der Waals surface area (Å²) in [6.45, 7) is 11.6. The van der Waals surface area contributed by atoms with Crippen LogP contribution in [-0.4, -0.2) is 16.6 Å². The fourth-order valence-corrected chi connectivity index (χ4v) is 4.12. The molecule has 3 rings (SSSR count). The number of benzene rings is 1. The third kappa shape index (κ3) is 4.31. The van der Waals surface area contributed by atoms with Gasteiger partial charge >= 0.3 is 5.97 Å². The summed E-state index contributed by atoms with van der Waals surface area (Å²) in [6.07, 6.45) is 6.40. The molecule has 26 heavy (non-hydrogen) atoms. The van der Waals surface area contributed by atoms with Crippen molar-refractivity contribution in [1.29, 1.82) is 0 Å². The van der Waals surface area contributed by atoms with Gasteiger partial charge in [-0.1, -0.05) is 40.7 Å². The van der Waals surface area contributed by atoms with Crippen molar-refractivity contribution in [3.63, 3.8) is 0 Å². The minimum Gasteiger partial charge on any atom is -0.461 e. The molecule has 3 heteroatoms. The van der Waals surface area contributed by atoms with Gasteiger partial charge in [0.15, 0.2) is 0 Å². The summed E-state index contributed by atoms with van der Waals surface area (Å²) in [5, 5.41) is 1.19. The molecule has 0 amide bonds. The largest absolute Gasteiger partial charge is 0.461 e. The molecule has 0 radical (unpaired) electrons. The Hall–Kier alpha value is -1.77. The molecule has 1 saturated carbocycles. The Balaban J connectivity index is 1.58. The highest BCUT2D eigenvalue weighted by Crippen LogP contribution is 2.38. The van der Waals surface area contributed by atoms with Crippen LogP contribution in [0, 0.1) is 11.3 Å². The zero-order valence-electron chi connectivity index (χ0n) is 16.9. The van der Waals surface area contributed by atoms with E-state index in [1.165, 1.54) is 10.9 Å². The van der Waals surface area contributed by atoms with E-state index in [1.54, 1.807) is 0 Å². The number of aromatic nitrogens is 1. The summed E-state index contributed by atoms with van der Waals surface area (Å²) >= 11 is 0. The monoisotopic (exact) mass is 355 g/mol. The molecule has 0 atom stereocenters. The summed E-state index contributed by atoms with van der Waals surface area (Å²) in [6, 6.07) is 8.58. The van der Waals surface area contributed by atoms with E-state index < -0.39 is 0 Å². The maximum atomic E-state index is 12.4. The second kappa shape index (κ2) is 7.46. The molecule has 2 aromatic rings. The van der Waals surface area contributed by atoms with Crippen LogP contribution in [0.2, 0.25) is 0 Å². The molecule has 1 aliphatic rings. The zero-order chi connectivity index (χ0) is 18.9. The van der Waals surface area contributed by atoms with Gasteiger partial charge in [-0.05, 0) is 72.1 Å². The van der Waals surface area contributed by atoms with Crippen LogP contribution < -0.4 is 0 Å². The van der Waals surface area contributed by atoms with Gasteiger partial charge in [-0.3, -0.25) is 4.79 Å². The van der Waals surface area contributed by atoms with E-state index in [0.717, 1.165) is 37.1 Å². The molecule has 0 spiro atoms. The standard InChI is InChI=1S/C23H33NO2/c1-16(2)17-6-11-21-18(14-17)12-13-24(21)15-22(25)26-20-9-7-19(8-10-20)23(3,4)5/h6,11-14,16,19-20H,7-10,15H2,1-5H3. The van der Waals surface area contributed by atoms with E-state index >= 15 is 0 Å². The average Bonchev–Trinajstić information content (AvgIpc) is 2.96. The highest BCUT2D eigenvalue weighted by Gasteiger charge is 2.31. The normalized spacial score (nSPS) is 21.3. The van der Waals surface area contributed by atoms with Gasteiger partial charge in [0, 0.05) is 11.7 Å². The molecule has 1 fully saturated rings. The minimum atomic E-state index is -0.116. The quantitative estimate of drug-likeness (QED) is 0.638. The van der Waals surface area contributed by atoms with Crippen molar-refractivity contribution in [2.24, 2.45) is 11.3 Å². The molecule has 1 aromatic heterocycles. The third-order valence-electron chi connectivity index (χ3n) is 5.96. The van der Waals surface area contributed by atoms with Gasteiger partial charge in [0.25, 0.3) is 0 Å². The van der Waals surface area contributed by atoms with E-state index in [-0.39, 0.29) is 12.1 Å². The molecular weight excluding hydrogens is 322 g/mol. The molecule has 0 bridgehead atoms. The van der Waals surface area contributed by atoms with Crippen LogP contribution in [0.5, 0.6) is 0 Å². The smallest absolute Gasteiger partial charge is 0.326 e. The van der Waals surface area contributed by atoms with Crippen LogP contribution in [0.4, 0.5) is 0 Å². The van der Waals surface area contributed by atoms with Gasteiger partial charge in [0.05, 0.1) is 0 Å². The van der Waals surface area contributed by atoms with Crippen LogP contribution >= 0.6 is 0 Å². The van der Waals surface area contributed by atoms with Crippen LogP contribution in [0.15, 0.2) is 30.5 Å². The van der Waals surface area contributed by atoms with Gasteiger partial charge in [0.1, 0.15) is 12.6 Å². The van der Waals surface area contributed by atoms with Gasteiger partial charge in [-0.25, -0.2) is 0 Å². The molecule has 0 aliphatic heterocycles. The summed E-state index contributed by atoms with van der Waals surface area (Å²) in [7, 11) is 0. The Labute approximate surface area is 157 Å². The predicted octanol–water partition coefficient (Wildman–Crippen LogP) is 5.91. The lowest BCUT2D eigenvalue weighted by Gasteiger charge is -2.36. The van der Waals surface area contributed by atoms with E-state index in [0.29, 0.717) is 17.9 Å². The number of nitrogens with zero attached hydrogens (tertiary/aromatic N) is 1. The number of ether oxygens (including phenoxy) is 1. The molecule has 3 nitrogen and oxygen atoms in total. The highest BCUT2D eigenvalue weighted by atomic mass is 16.5. The van der Waals surface area contributed by atoms with Gasteiger partial charge < -0.3 is 9.30 Å². The first-order chi connectivity index (χ1) is 12.2. The number of fused-ring (bicyclic) bond motifs is 1. The first kappa shape index (κ1) is 19.0. The lowest BCUT2D eigenvalue weighted by Crippen LogP contribution is -2.31. The number of carbonyl (C=O) groups is 1. The predicted molar refractivity (Wildman–Crippen MR) is 107 cm³/mol. The molecule has 142 valence electrons. The second-order valence-corrected chi connectivity index (χ2v) is 9.25. The average molecular weight is 356 g/mol. The van der Waals surface area contributed by atoms with Crippen molar-refractivity contribution in [3.8, 4) is 0 Å². The maximum absolute atomic E-state index is 12.4. The number of rotatable bonds is 4. The number of esters is 1. The molecule has 0 saturated heterocycles. The van der Waals surface area contributed by atoms with Crippen LogP contribution in [-0.2, 0) is 16.1 Å². The molecular formula is C23H33NO2. The summed E-state index contributed by atoms with van der Waals surface area (Å²) in [5.41, 5.74) is 2.78. The van der Waals surface area contributed by atoms with Crippen molar-refractivity contribution >= 4 is 16.9 Å². The van der Waals surface area contributed by atoms with Crippen molar-refractivity contribution in [3.05, 3.63) is 36.0 Å². The first-order valence-corrected chi connectivity index (χ1v) is 10.0. The SMILES string of the molecule is CC(C)c1ccc2c(ccn2CC(=O)OC2CCC(C(C)(C)C)CC2)c1. The van der Waals surface area contributed by atoms with E-state index in [9.17, 15) is 4.79 Å². The van der Waals surface area contributed by atoms with Crippen molar-refractivity contribution in [1.82, 2.24) is 4.57 Å². The minimum absolute atomic E-state index is 0.0930. The van der Waals surface area contributed by atoms with Gasteiger partial charge in [-0.15, -0.1) is 0 Å². The molecule has 0 unspecified atom stereocenters. The summed E-state index contributed by atoms with van der Waals surface area (Å²) in [5.74, 6) is 1.13. The number of carbonyl (C=O) groups excluding carboxylic acids is 1. The van der Waals surface area contributed by atoms with Crippen LogP contribution in [0.25, 0.3) is 10.9 Å². The Morgan fingerprint density at radius 3 is 2.46 bits per heavy atom. The first-order valence-electron chi connectivity index (χ1n) is 10.0. The van der Waals surface area contributed by atoms with E-state index in [1.807, 2.05) is 10.8 Å². The second-order valence-electron chi connectivity index (χ2n) is 9.25. The van der Waals surface area contributed by atoms with E-state index in [4.69, 9.17) is 4.74 Å². The van der Waals surface area contributed by atoms with Crippen molar-refractivity contribution in [2.45, 2.75) is 78.9 Å². The van der Waals surface area contributed by atoms with Crippen LogP contribution in [0.1, 0.15) is 71.8 Å². The van der Waals surface area contributed by atoms with Crippen LogP contribution in [0.3, 0.4) is 0 Å². The topological polar surface area (TPSA) is 31.2 Å².